The standard InChI is InChI=1S/C10H9BrN4O2/c1-6(16)17-5-8-3-2-7(4-9(8)11)10-12-14-15-13-10/h2-4H,5H2,1H3,(H,12,13,14,15). The molecular weight excluding hydrogens is 288 g/mol. The number of nitrogens with one attached hydrogen (secondary N) is 1. The summed E-state index contributed by atoms with van der Waals surface area (Å²) in [6, 6.07) is 5.57. The Morgan fingerprint density at radius 1 is 1.53 bits per heavy atom. The second-order valence-electron chi connectivity index (χ2n) is 3.34. The van der Waals surface area contributed by atoms with E-state index in [2.05, 4.69) is 36.6 Å². The van der Waals surface area contributed by atoms with Crippen LogP contribution in [-0.4, -0.2) is 26.6 Å². The lowest BCUT2D eigenvalue weighted by molar-refractivity contribution is -0.142. The summed E-state index contributed by atoms with van der Waals surface area (Å²) in [7, 11) is 0. The zero-order chi connectivity index (χ0) is 12.3. The largest absolute Gasteiger partial charge is 0.461 e. The van der Waals surface area contributed by atoms with Crippen LogP contribution in [0.2, 0.25) is 0 Å². The molecule has 0 amide bonds. The zero-order valence-corrected chi connectivity index (χ0v) is 10.6. The second-order valence-corrected chi connectivity index (χ2v) is 4.19. The lowest BCUT2D eigenvalue weighted by Gasteiger charge is -2.05. The van der Waals surface area contributed by atoms with Gasteiger partial charge in [0.2, 0.25) is 0 Å². The minimum atomic E-state index is -0.305. The minimum absolute atomic E-state index is 0.241. The van der Waals surface area contributed by atoms with Crippen molar-refractivity contribution < 1.29 is 9.53 Å². The monoisotopic (exact) mass is 296 g/mol. The van der Waals surface area contributed by atoms with Crippen molar-refractivity contribution in [2.24, 2.45) is 0 Å². The predicted octanol–water partition coefficient (Wildman–Crippen LogP) is 1.69. The Bertz CT molecular complexity index is 527. The molecule has 1 heterocycles. The van der Waals surface area contributed by atoms with Crippen molar-refractivity contribution in [2.75, 3.05) is 0 Å². The molecule has 1 N–H and O–H groups in total. The molecule has 0 bridgehead atoms. The first-order chi connectivity index (χ1) is 8.16. The van der Waals surface area contributed by atoms with Gasteiger partial charge in [0.1, 0.15) is 6.61 Å². The lowest BCUT2D eigenvalue weighted by atomic mass is 10.1. The van der Waals surface area contributed by atoms with Crippen LogP contribution in [0.4, 0.5) is 0 Å². The van der Waals surface area contributed by atoms with Gasteiger partial charge in [-0.25, -0.2) is 5.10 Å². The zero-order valence-electron chi connectivity index (χ0n) is 8.98. The molecule has 0 radical (unpaired) electrons. The van der Waals surface area contributed by atoms with Gasteiger partial charge >= 0.3 is 5.97 Å². The maximum atomic E-state index is 10.7. The van der Waals surface area contributed by atoms with Crippen LogP contribution >= 0.6 is 15.9 Å². The van der Waals surface area contributed by atoms with Crippen LogP contribution in [0.1, 0.15) is 12.5 Å². The van der Waals surface area contributed by atoms with Crippen molar-refractivity contribution in [3.8, 4) is 11.4 Å². The molecule has 1 aromatic carbocycles. The van der Waals surface area contributed by atoms with Gasteiger partial charge in [0.05, 0.1) is 0 Å². The van der Waals surface area contributed by atoms with Crippen molar-refractivity contribution in [3.63, 3.8) is 0 Å². The molecule has 1 aromatic heterocycles. The number of esters is 1. The maximum absolute atomic E-state index is 10.7. The van der Waals surface area contributed by atoms with E-state index in [1.165, 1.54) is 6.92 Å². The number of hydrogen-bond acceptors (Lipinski definition) is 5. The topological polar surface area (TPSA) is 80.8 Å². The summed E-state index contributed by atoms with van der Waals surface area (Å²) >= 11 is 3.41. The second kappa shape index (κ2) is 5.05. The van der Waals surface area contributed by atoms with Crippen molar-refractivity contribution in [1.29, 1.82) is 0 Å². The van der Waals surface area contributed by atoms with E-state index in [0.29, 0.717) is 5.82 Å². The third kappa shape index (κ3) is 2.88. The normalized spacial score (nSPS) is 10.2. The van der Waals surface area contributed by atoms with E-state index < -0.39 is 0 Å². The first-order valence-corrected chi connectivity index (χ1v) is 5.62. The van der Waals surface area contributed by atoms with Crippen LogP contribution in [0.3, 0.4) is 0 Å². The van der Waals surface area contributed by atoms with E-state index in [1.54, 1.807) is 0 Å². The van der Waals surface area contributed by atoms with E-state index in [-0.39, 0.29) is 12.6 Å². The van der Waals surface area contributed by atoms with E-state index >= 15 is 0 Å². The van der Waals surface area contributed by atoms with Crippen molar-refractivity contribution in [3.05, 3.63) is 28.2 Å². The fourth-order valence-corrected chi connectivity index (χ4v) is 1.77. The Hall–Kier alpha value is -1.76. The molecule has 0 saturated heterocycles. The molecule has 0 spiro atoms. The van der Waals surface area contributed by atoms with Gasteiger partial charge in [-0.3, -0.25) is 4.79 Å². The van der Waals surface area contributed by atoms with Crippen molar-refractivity contribution >= 4 is 21.9 Å². The van der Waals surface area contributed by atoms with E-state index in [9.17, 15) is 4.79 Å². The Labute approximate surface area is 105 Å². The van der Waals surface area contributed by atoms with E-state index in [4.69, 9.17) is 4.74 Å². The van der Waals surface area contributed by atoms with Crippen LogP contribution in [0.5, 0.6) is 0 Å². The highest BCUT2D eigenvalue weighted by Gasteiger charge is 2.07. The highest BCUT2D eigenvalue weighted by molar-refractivity contribution is 9.10. The van der Waals surface area contributed by atoms with Gasteiger partial charge in [-0.15, -0.1) is 5.10 Å². The number of halogens is 1. The summed E-state index contributed by atoms with van der Waals surface area (Å²) in [5.41, 5.74) is 1.74. The minimum Gasteiger partial charge on any atom is -0.461 e. The van der Waals surface area contributed by atoms with Gasteiger partial charge in [0.25, 0.3) is 0 Å². The molecular formula is C10H9BrN4O2. The number of carbonyl (C=O) groups is 1. The van der Waals surface area contributed by atoms with Gasteiger partial charge in [-0.1, -0.05) is 28.1 Å². The highest BCUT2D eigenvalue weighted by atomic mass is 79.9. The van der Waals surface area contributed by atoms with Crippen molar-refractivity contribution in [1.82, 2.24) is 20.6 Å². The van der Waals surface area contributed by atoms with Crippen molar-refractivity contribution in [2.45, 2.75) is 13.5 Å². The summed E-state index contributed by atoms with van der Waals surface area (Å²) in [4.78, 5) is 10.7. The summed E-state index contributed by atoms with van der Waals surface area (Å²) in [5.74, 6) is 0.283. The van der Waals surface area contributed by atoms with Crippen LogP contribution in [0, 0.1) is 0 Å². The Morgan fingerprint density at radius 3 is 2.94 bits per heavy atom. The molecule has 7 heteroatoms. The number of rotatable bonds is 3. The Balaban J connectivity index is 2.20. The molecule has 17 heavy (non-hydrogen) atoms. The molecule has 0 aliphatic rings. The summed E-state index contributed by atoms with van der Waals surface area (Å²) < 4.78 is 5.76. The Kier molecular flexibility index (Phi) is 3.48. The average Bonchev–Trinajstić information content (AvgIpc) is 2.80. The molecule has 0 fully saturated rings. The molecule has 0 atom stereocenters. The lowest BCUT2D eigenvalue weighted by Crippen LogP contribution is -1.99. The van der Waals surface area contributed by atoms with Gasteiger partial charge in [-0.05, 0) is 16.5 Å². The van der Waals surface area contributed by atoms with Gasteiger partial charge < -0.3 is 4.74 Å². The van der Waals surface area contributed by atoms with E-state index in [1.807, 2.05) is 18.2 Å². The van der Waals surface area contributed by atoms with E-state index in [0.717, 1.165) is 15.6 Å². The number of carbonyl (C=O) groups excluding carboxylic acids is 1. The number of ether oxygens (including phenoxy) is 1. The number of aromatic amines is 1. The predicted molar refractivity (Wildman–Crippen MR) is 62.8 cm³/mol. The molecule has 0 unspecified atom stereocenters. The van der Waals surface area contributed by atoms with Gasteiger partial charge in [0, 0.05) is 22.5 Å². The van der Waals surface area contributed by atoms with Gasteiger partial charge in [0.15, 0.2) is 5.82 Å². The van der Waals surface area contributed by atoms with Crippen LogP contribution in [0.25, 0.3) is 11.4 Å². The molecule has 0 aliphatic carbocycles. The molecule has 2 aromatic rings. The fraction of sp³-hybridized carbons (Fsp3) is 0.200. The average molecular weight is 297 g/mol. The fourth-order valence-electron chi connectivity index (χ4n) is 1.27. The molecule has 88 valence electrons. The Morgan fingerprint density at radius 2 is 2.35 bits per heavy atom. The smallest absolute Gasteiger partial charge is 0.302 e. The first-order valence-electron chi connectivity index (χ1n) is 4.82. The third-order valence-corrected chi connectivity index (χ3v) is 2.84. The molecule has 6 nitrogen and oxygen atoms in total. The first kappa shape index (κ1) is 11.7. The third-order valence-electron chi connectivity index (χ3n) is 2.10. The summed E-state index contributed by atoms with van der Waals surface area (Å²) in [6.07, 6.45) is 0. The van der Waals surface area contributed by atoms with Crippen LogP contribution in [-0.2, 0) is 16.1 Å². The number of H-pyrrole nitrogens is 1. The SMILES string of the molecule is CC(=O)OCc1ccc(-c2nnn[nH]2)cc1Br. The van der Waals surface area contributed by atoms with Crippen LogP contribution in [0.15, 0.2) is 22.7 Å². The quantitative estimate of drug-likeness (QED) is 0.872. The maximum Gasteiger partial charge on any atom is 0.302 e. The number of tetrazole rings is 1. The number of hydrogen-bond donors (Lipinski definition) is 1. The number of aromatic nitrogens is 4. The number of nitrogens with zero attached hydrogens (tertiary/aromatic N) is 3. The molecule has 2 rings (SSSR count). The highest BCUT2D eigenvalue weighted by Crippen LogP contribution is 2.23. The number of benzene rings is 1. The van der Waals surface area contributed by atoms with Gasteiger partial charge in [-0.2, -0.15) is 0 Å². The van der Waals surface area contributed by atoms with Crippen LogP contribution < -0.4 is 0 Å². The molecule has 0 aliphatic heterocycles. The molecule has 0 saturated carbocycles. The summed E-state index contributed by atoms with van der Waals surface area (Å²) in [5, 5.41) is 13.5. The summed E-state index contributed by atoms with van der Waals surface area (Å²) in [6.45, 7) is 1.62.